The fraction of sp³-hybridized carbons (Fsp3) is 0.368. The monoisotopic (exact) mass is 416 g/mol. The van der Waals surface area contributed by atoms with Crippen molar-refractivity contribution in [2.45, 2.75) is 35.9 Å². The zero-order valence-corrected chi connectivity index (χ0v) is 17.2. The third-order valence-corrected chi connectivity index (χ3v) is 6.71. The molecule has 0 saturated carbocycles. The van der Waals surface area contributed by atoms with Crippen LogP contribution in [0.3, 0.4) is 0 Å². The molecule has 0 aliphatic carbocycles. The van der Waals surface area contributed by atoms with Crippen LogP contribution < -0.4 is 5.32 Å². The first-order valence-corrected chi connectivity index (χ1v) is 10.8. The van der Waals surface area contributed by atoms with Crippen molar-refractivity contribution in [1.29, 1.82) is 0 Å². The third kappa shape index (κ3) is 3.90. The number of hydrogen-bond donors (Lipinski definition) is 1. The largest absolute Gasteiger partial charge is 0.451 e. The van der Waals surface area contributed by atoms with Crippen LogP contribution in [0.15, 0.2) is 33.0 Å². The number of nitrogens with one attached hydrogen (secondary N) is 1. The number of rotatable bonds is 5. The number of nitrogens with zero attached hydrogens (tertiary/aromatic N) is 3. The molecule has 1 aliphatic rings. The Kier molecular flexibility index (Phi) is 5.36. The molecule has 4 rings (SSSR count). The quantitative estimate of drug-likeness (QED) is 0.643. The summed E-state index contributed by atoms with van der Waals surface area (Å²) in [6, 6.07) is 7.58. The molecule has 0 radical (unpaired) electrons. The number of aromatic nitrogens is 2. The lowest BCUT2D eigenvalue weighted by molar-refractivity contribution is -0.132. The molecule has 146 valence electrons. The highest BCUT2D eigenvalue weighted by Crippen LogP contribution is 2.33. The van der Waals surface area contributed by atoms with Crippen LogP contribution in [-0.4, -0.2) is 46.5 Å². The highest BCUT2D eigenvalue weighted by Gasteiger charge is 2.27. The summed E-state index contributed by atoms with van der Waals surface area (Å²) < 4.78 is 6.77. The molecule has 1 unspecified atom stereocenters. The normalized spacial score (nSPS) is 17.3. The number of para-hydroxylation sites is 1. The number of furan rings is 1. The Bertz CT molecular complexity index is 1030. The van der Waals surface area contributed by atoms with Gasteiger partial charge in [-0.15, -0.1) is 10.2 Å². The van der Waals surface area contributed by atoms with Gasteiger partial charge >= 0.3 is 0 Å². The molecule has 1 atom stereocenters. The summed E-state index contributed by atoms with van der Waals surface area (Å²) in [5.41, 5.74) is 1.54. The van der Waals surface area contributed by atoms with Crippen molar-refractivity contribution >= 4 is 45.9 Å². The first-order chi connectivity index (χ1) is 13.5. The zero-order chi connectivity index (χ0) is 19.7. The second kappa shape index (κ2) is 7.92. The first kappa shape index (κ1) is 18.9. The molecular formula is C19H20N4O3S2. The Balaban J connectivity index is 1.56. The topological polar surface area (TPSA) is 88.3 Å². The summed E-state index contributed by atoms with van der Waals surface area (Å²) in [7, 11) is 1.76. The fourth-order valence-electron chi connectivity index (χ4n) is 3.28. The van der Waals surface area contributed by atoms with Gasteiger partial charge in [-0.25, -0.2) is 0 Å². The molecule has 0 spiro atoms. The number of likely N-dealkylation sites (N-methyl/N-ethyl adjacent to an activating group) is 1. The van der Waals surface area contributed by atoms with Crippen molar-refractivity contribution in [2.75, 3.05) is 13.6 Å². The second-order valence-corrected chi connectivity index (χ2v) is 9.17. The van der Waals surface area contributed by atoms with Crippen molar-refractivity contribution in [3.8, 4) is 0 Å². The molecule has 1 saturated heterocycles. The number of fused-ring (bicyclic) bond motifs is 1. The van der Waals surface area contributed by atoms with E-state index >= 15 is 0 Å². The van der Waals surface area contributed by atoms with Crippen LogP contribution in [0, 0.1) is 6.92 Å². The first-order valence-electron chi connectivity index (χ1n) is 8.99. The average Bonchev–Trinajstić information content (AvgIpc) is 3.26. The average molecular weight is 417 g/mol. The van der Waals surface area contributed by atoms with Crippen molar-refractivity contribution in [1.82, 2.24) is 20.4 Å². The van der Waals surface area contributed by atoms with E-state index in [9.17, 15) is 9.59 Å². The number of benzene rings is 1. The van der Waals surface area contributed by atoms with Gasteiger partial charge in [0, 0.05) is 42.8 Å². The molecule has 7 nitrogen and oxygen atoms in total. The van der Waals surface area contributed by atoms with Gasteiger partial charge in [-0.1, -0.05) is 41.3 Å². The van der Waals surface area contributed by atoms with E-state index in [0.29, 0.717) is 36.5 Å². The molecule has 1 aromatic carbocycles. The molecule has 9 heteroatoms. The Morgan fingerprint density at radius 1 is 1.39 bits per heavy atom. The van der Waals surface area contributed by atoms with Crippen LogP contribution in [0.25, 0.3) is 11.0 Å². The number of piperidine rings is 1. The third-order valence-electron chi connectivity index (χ3n) is 4.71. The number of likely N-dealkylation sites (tertiary alicyclic amines) is 1. The SMILES string of the molecule is Cc1nnc(SCc2c(C(=O)NC3CCC(=O)N(C)C3)oc3ccccc23)s1. The van der Waals surface area contributed by atoms with Crippen molar-refractivity contribution in [3.63, 3.8) is 0 Å². The highest BCUT2D eigenvalue weighted by molar-refractivity contribution is 8.00. The molecule has 1 fully saturated rings. The molecule has 1 N–H and O–H groups in total. The van der Waals surface area contributed by atoms with Gasteiger partial charge in [0.2, 0.25) is 5.91 Å². The smallest absolute Gasteiger partial charge is 0.287 e. The van der Waals surface area contributed by atoms with Crippen LogP contribution in [0.4, 0.5) is 0 Å². The van der Waals surface area contributed by atoms with E-state index in [-0.39, 0.29) is 17.9 Å². The van der Waals surface area contributed by atoms with Gasteiger partial charge < -0.3 is 14.6 Å². The van der Waals surface area contributed by atoms with E-state index in [1.54, 1.807) is 23.7 Å². The Hall–Kier alpha value is -2.39. The maximum absolute atomic E-state index is 13.0. The van der Waals surface area contributed by atoms with E-state index < -0.39 is 0 Å². The Morgan fingerprint density at radius 3 is 2.96 bits per heavy atom. The molecule has 2 amide bonds. The minimum Gasteiger partial charge on any atom is -0.451 e. The summed E-state index contributed by atoms with van der Waals surface area (Å²) in [6.45, 7) is 2.43. The molecule has 1 aliphatic heterocycles. The van der Waals surface area contributed by atoms with Gasteiger partial charge in [0.25, 0.3) is 5.91 Å². The van der Waals surface area contributed by atoms with E-state index in [1.807, 2.05) is 31.2 Å². The molecule has 3 aromatic rings. The predicted molar refractivity (Wildman–Crippen MR) is 109 cm³/mol. The van der Waals surface area contributed by atoms with Gasteiger partial charge in [0.15, 0.2) is 10.1 Å². The lowest BCUT2D eigenvalue weighted by atomic mass is 10.1. The summed E-state index contributed by atoms with van der Waals surface area (Å²) in [6.07, 6.45) is 1.09. The minimum atomic E-state index is -0.243. The van der Waals surface area contributed by atoms with Gasteiger partial charge in [-0.05, 0) is 19.4 Å². The van der Waals surface area contributed by atoms with Gasteiger partial charge in [0.1, 0.15) is 10.6 Å². The predicted octanol–water partition coefficient (Wildman–Crippen LogP) is 3.24. The van der Waals surface area contributed by atoms with E-state index in [4.69, 9.17) is 4.42 Å². The highest BCUT2D eigenvalue weighted by atomic mass is 32.2. The number of amides is 2. The van der Waals surface area contributed by atoms with E-state index in [1.165, 1.54) is 11.3 Å². The van der Waals surface area contributed by atoms with Gasteiger partial charge in [-0.3, -0.25) is 9.59 Å². The summed E-state index contributed by atoms with van der Waals surface area (Å²) in [5.74, 6) is 0.762. The standard InChI is InChI=1S/C19H20N4O3S2/c1-11-21-22-19(28-11)27-10-14-13-5-3-4-6-15(13)26-17(14)18(25)20-12-7-8-16(24)23(2)9-12/h3-6,12H,7-10H2,1-2H3,(H,20,25). The van der Waals surface area contributed by atoms with Crippen LogP contribution >= 0.6 is 23.1 Å². The fourth-order valence-corrected chi connectivity index (χ4v) is 5.12. The molecular weight excluding hydrogens is 396 g/mol. The number of carbonyl (C=O) groups excluding carboxylic acids is 2. The van der Waals surface area contributed by atoms with Crippen molar-refractivity contribution in [2.24, 2.45) is 0 Å². The summed E-state index contributed by atoms with van der Waals surface area (Å²) in [5, 5.41) is 13.0. The van der Waals surface area contributed by atoms with Crippen LogP contribution in [0.5, 0.6) is 0 Å². The Labute approximate surface area is 170 Å². The maximum Gasteiger partial charge on any atom is 0.287 e. The molecule has 3 heterocycles. The lowest BCUT2D eigenvalue weighted by Gasteiger charge is -2.29. The van der Waals surface area contributed by atoms with E-state index in [0.717, 1.165) is 20.3 Å². The summed E-state index contributed by atoms with van der Waals surface area (Å²) in [4.78, 5) is 26.3. The van der Waals surface area contributed by atoms with Crippen LogP contribution in [0.1, 0.15) is 34.0 Å². The van der Waals surface area contributed by atoms with Crippen molar-refractivity contribution < 1.29 is 14.0 Å². The number of carbonyl (C=O) groups is 2. The van der Waals surface area contributed by atoms with E-state index in [2.05, 4.69) is 15.5 Å². The molecule has 2 aromatic heterocycles. The van der Waals surface area contributed by atoms with Crippen molar-refractivity contribution in [3.05, 3.63) is 40.6 Å². The second-order valence-electron chi connectivity index (χ2n) is 6.76. The summed E-state index contributed by atoms with van der Waals surface area (Å²) >= 11 is 3.07. The van der Waals surface area contributed by atoms with Gasteiger partial charge in [0.05, 0.1) is 0 Å². The molecule has 0 bridgehead atoms. The number of hydrogen-bond acceptors (Lipinski definition) is 7. The van der Waals surface area contributed by atoms with Crippen LogP contribution in [0.2, 0.25) is 0 Å². The Morgan fingerprint density at radius 2 is 2.21 bits per heavy atom. The maximum atomic E-state index is 13.0. The number of aryl methyl sites for hydroxylation is 1. The molecule has 28 heavy (non-hydrogen) atoms. The number of thioether (sulfide) groups is 1. The minimum absolute atomic E-state index is 0.0743. The van der Waals surface area contributed by atoms with Crippen LogP contribution in [-0.2, 0) is 10.5 Å². The van der Waals surface area contributed by atoms with Gasteiger partial charge in [-0.2, -0.15) is 0 Å². The lowest BCUT2D eigenvalue weighted by Crippen LogP contribution is -2.48. The zero-order valence-electron chi connectivity index (χ0n) is 15.6.